The van der Waals surface area contributed by atoms with Crippen molar-refractivity contribution in [3.8, 4) is 6.01 Å². The van der Waals surface area contributed by atoms with Gasteiger partial charge < -0.3 is 25.0 Å². The standard InChI is InChI=1S/C28H32FN7O3/c1-16-12-36(13-17(2)31-16)23-6-5-20(25-21(23)11-30-27(33-25)39-15-28(38-4)7-8-28)26(37)32-19-9-18-14-35(3)34-24(18)22(29)10-19/h5-6,9-11,14,16-17,31H,7-8,12-13,15H2,1-4H3,(H,32,37)/t16-,17-/m0/s1. The number of rotatable bonds is 7. The van der Waals surface area contributed by atoms with Crippen molar-refractivity contribution in [2.75, 3.05) is 37.0 Å². The van der Waals surface area contributed by atoms with E-state index in [9.17, 15) is 9.18 Å². The lowest BCUT2D eigenvalue weighted by Gasteiger charge is -2.38. The van der Waals surface area contributed by atoms with Crippen LogP contribution in [0.4, 0.5) is 15.8 Å². The van der Waals surface area contributed by atoms with Gasteiger partial charge in [-0.2, -0.15) is 10.1 Å². The van der Waals surface area contributed by atoms with E-state index in [1.54, 1.807) is 38.7 Å². The van der Waals surface area contributed by atoms with Crippen LogP contribution in [0.5, 0.6) is 6.01 Å². The molecule has 2 aromatic heterocycles. The number of aryl methyl sites for hydroxylation is 1. The van der Waals surface area contributed by atoms with Crippen LogP contribution in [0.2, 0.25) is 0 Å². The molecule has 4 aromatic rings. The minimum absolute atomic E-state index is 0.182. The SMILES string of the molecule is COC1(COc2ncc3c(N4C[C@H](C)N[C@@H](C)C4)ccc(C(=O)Nc4cc(F)c5nn(C)cc5c4)c3n2)CC1. The third-order valence-electron chi connectivity index (χ3n) is 7.49. The second-order valence-electron chi connectivity index (χ2n) is 10.7. The molecule has 0 unspecified atom stereocenters. The summed E-state index contributed by atoms with van der Waals surface area (Å²) in [6, 6.07) is 7.46. The third kappa shape index (κ3) is 4.99. The lowest BCUT2D eigenvalue weighted by Crippen LogP contribution is -2.54. The monoisotopic (exact) mass is 533 g/mol. The predicted octanol–water partition coefficient (Wildman–Crippen LogP) is 3.65. The maximum atomic E-state index is 14.7. The molecule has 1 aliphatic carbocycles. The van der Waals surface area contributed by atoms with Crippen LogP contribution in [0, 0.1) is 5.82 Å². The average molecular weight is 534 g/mol. The number of benzene rings is 2. The molecule has 1 saturated heterocycles. The van der Waals surface area contributed by atoms with Crippen LogP contribution >= 0.6 is 0 Å². The van der Waals surface area contributed by atoms with Crippen molar-refractivity contribution in [2.24, 2.45) is 7.05 Å². The van der Waals surface area contributed by atoms with Gasteiger partial charge in [0.05, 0.1) is 11.1 Å². The number of amides is 1. The van der Waals surface area contributed by atoms with Crippen LogP contribution in [-0.4, -0.2) is 70.1 Å². The first-order chi connectivity index (χ1) is 18.7. The van der Waals surface area contributed by atoms with Crippen molar-refractivity contribution in [3.63, 3.8) is 0 Å². The maximum absolute atomic E-state index is 14.7. The summed E-state index contributed by atoms with van der Waals surface area (Å²) < 4.78 is 27.7. The molecule has 2 aromatic carbocycles. The number of carbonyl (C=O) groups is 1. The van der Waals surface area contributed by atoms with Crippen molar-refractivity contribution in [2.45, 2.75) is 44.4 Å². The number of fused-ring (bicyclic) bond motifs is 2. The van der Waals surface area contributed by atoms with Crippen LogP contribution in [0.1, 0.15) is 37.0 Å². The van der Waals surface area contributed by atoms with Crippen molar-refractivity contribution in [1.82, 2.24) is 25.1 Å². The molecule has 10 nitrogen and oxygen atoms in total. The first-order valence-corrected chi connectivity index (χ1v) is 13.2. The Morgan fingerprint density at radius 2 is 1.97 bits per heavy atom. The first kappa shape index (κ1) is 25.4. The normalized spacial score (nSPS) is 20.4. The second kappa shape index (κ2) is 9.73. The number of ether oxygens (including phenoxy) is 2. The fraction of sp³-hybridized carbons (Fsp3) is 0.429. The molecule has 2 fully saturated rings. The highest BCUT2D eigenvalue weighted by Crippen LogP contribution is 2.39. The van der Waals surface area contributed by atoms with Gasteiger partial charge in [-0.3, -0.25) is 9.48 Å². The molecule has 39 heavy (non-hydrogen) atoms. The molecule has 1 amide bonds. The van der Waals surface area contributed by atoms with Crippen molar-refractivity contribution in [3.05, 3.63) is 48.0 Å². The van der Waals surface area contributed by atoms with Crippen LogP contribution in [0.25, 0.3) is 21.8 Å². The lowest BCUT2D eigenvalue weighted by atomic mass is 10.0. The van der Waals surface area contributed by atoms with Crippen molar-refractivity contribution in [1.29, 1.82) is 0 Å². The molecule has 0 spiro atoms. The zero-order valence-corrected chi connectivity index (χ0v) is 22.5. The molecule has 0 radical (unpaired) electrons. The Morgan fingerprint density at radius 1 is 1.21 bits per heavy atom. The minimum atomic E-state index is -0.504. The average Bonchev–Trinajstić information content (AvgIpc) is 3.58. The summed E-state index contributed by atoms with van der Waals surface area (Å²) in [5, 5.41) is 11.9. The molecule has 2 aliphatic rings. The fourth-order valence-corrected chi connectivity index (χ4v) is 5.37. The molecular weight excluding hydrogens is 501 g/mol. The number of halogens is 1. The van der Waals surface area contributed by atoms with Gasteiger partial charge in [0.15, 0.2) is 5.82 Å². The van der Waals surface area contributed by atoms with E-state index in [0.717, 1.165) is 37.0 Å². The van der Waals surface area contributed by atoms with Crippen molar-refractivity contribution >= 4 is 39.1 Å². The van der Waals surface area contributed by atoms with Gasteiger partial charge in [0.25, 0.3) is 5.91 Å². The van der Waals surface area contributed by atoms with E-state index >= 15 is 0 Å². The predicted molar refractivity (Wildman–Crippen MR) is 147 cm³/mol. The quantitative estimate of drug-likeness (QED) is 0.371. The molecule has 3 heterocycles. The van der Waals surface area contributed by atoms with Crippen LogP contribution in [-0.2, 0) is 11.8 Å². The van der Waals surface area contributed by atoms with E-state index in [1.807, 2.05) is 6.07 Å². The molecule has 11 heteroatoms. The van der Waals surface area contributed by atoms with E-state index in [1.165, 1.54) is 10.7 Å². The zero-order valence-electron chi connectivity index (χ0n) is 22.5. The smallest absolute Gasteiger partial charge is 0.317 e. The Labute approximate surface area is 225 Å². The summed E-state index contributed by atoms with van der Waals surface area (Å²) in [5.41, 5.74) is 2.07. The Morgan fingerprint density at radius 3 is 2.69 bits per heavy atom. The highest BCUT2D eigenvalue weighted by atomic mass is 19.1. The highest BCUT2D eigenvalue weighted by molar-refractivity contribution is 6.14. The number of hydrogen-bond donors (Lipinski definition) is 2. The summed E-state index contributed by atoms with van der Waals surface area (Å²) in [6.07, 6.45) is 5.27. The summed E-state index contributed by atoms with van der Waals surface area (Å²) in [6.45, 7) is 6.26. The maximum Gasteiger partial charge on any atom is 0.317 e. The van der Waals surface area contributed by atoms with Gasteiger partial charge in [-0.15, -0.1) is 0 Å². The Hall–Kier alpha value is -3.83. The molecule has 2 N–H and O–H groups in total. The van der Waals surface area contributed by atoms with E-state index in [4.69, 9.17) is 9.47 Å². The van der Waals surface area contributed by atoms with E-state index in [2.05, 4.69) is 44.4 Å². The second-order valence-corrected chi connectivity index (χ2v) is 10.7. The summed E-state index contributed by atoms with van der Waals surface area (Å²) in [7, 11) is 3.40. The van der Waals surface area contributed by atoms with Gasteiger partial charge in [-0.1, -0.05) is 0 Å². The van der Waals surface area contributed by atoms with Gasteiger partial charge >= 0.3 is 6.01 Å². The first-order valence-electron chi connectivity index (χ1n) is 13.2. The summed E-state index contributed by atoms with van der Waals surface area (Å²) in [5.74, 6) is -0.910. The summed E-state index contributed by atoms with van der Waals surface area (Å²) in [4.78, 5) is 25.0. The van der Waals surface area contributed by atoms with Gasteiger partial charge in [0.2, 0.25) is 0 Å². The number of anilines is 2. The fourth-order valence-electron chi connectivity index (χ4n) is 5.37. The van der Waals surface area contributed by atoms with Crippen molar-refractivity contribution < 1.29 is 18.7 Å². The van der Waals surface area contributed by atoms with Gasteiger partial charge in [-0.05, 0) is 51.0 Å². The summed E-state index contributed by atoms with van der Waals surface area (Å²) >= 11 is 0. The number of nitrogens with one attached hydrogen (secondary N) is 2. The zero-order chi connectivity index (χ0) is 27.3. The number of piperazine rings is 1. The third-order valence-corrected chi connectivity index (χ3v) is 7.49. The molecular formula is C28H32FN7O3. The Balaban J connectivity index is 1.37. The number of methoxy groups -OCH3 is 1. The largest absolute Gasteiger partial charge is 0.460 e. The van der Waals surface area contributed by atoms with E-state index in [0.29, 0.717) is 40.8 Å². The molecule has 2 atom stereocenters. The van der Waals surface area contributed by atoms with Crippen LogP contribution in [0.3, 0.4) is 0 Å². The highest BCUT2D eigenvalue weighted by Gasteiger charge is 2.44. The lowest BCUT2D eigenvalue weighted by molar-refractivity contribution is 0.0340. The molecule has 1 saturated carbocycles. The van der Waals surface area contributed by atoms with Gasteiger partial charge in [-0.25, -0.2) is 9.37 Å². The van der Waals surface area contributed by atoms with Gasteiger partial charge in [0.1, 0.15) is 17.7 Å². The van der Waals surface area contributed by atoms with Crippen LogP contribution in [0.15, 0.2) is 36.7 Å². The van der Waals surface area contributed by atoms with E-state index < -0.39 is 11.7 Å². The Kier molecular flexibility index (Phi) is 6.35. The topological polar surface area (TPSA) is 106 Å². The molecule has 6 rings (SSSR count). The molecule has 0 bridgehead atoms. The van der Waals surface area contributed by atoms with Crippen LogP contribution < -0.4 is 20.3 Å². The molecule has 1 aliphatic heterocycles. The molecule has 204 valence electrons. The van der Waals surface area contributed by atoms with E-state index in [-0.39, 0.29) is 17.1 Å². The number of carbonyl (C=O) groups excluding carboxylic acids is 1. The minimum Gasteiger partial charge on any atom is -0.460 e. The number of aromatic nitrogens is 4. The number of hydrogen-bond acceptors (Lipinski definition) is 8. The number of nitrogens with zero attached hydrogens (tertiary/aromatic N) is 5. The van der Waals surface area contributed by atoms with Gasteiger partial charge in [0, 0.05) is 73.9 Å². The Bertz CT molecular complexity index is 1560.